The molecule has 1 aromatic rings. The minimum absolute atomic E-state index is 0.117. The van der Waals surface area contributed by atoms with Gasteiger partial charge < -0.3 is 24.4 Å². The first-order valence-electron chi connectivity index (χ1n) is 10.4. The topological polar surface area (TPSA) is 60.0 Å². The number of methoxy groups -OCH3 is 1. The molecule has 0 aromatic heterocycles. The summed E-state index contributed by atoms with van der Waals surface area (Å²) in [5.74, 6) is 1.03. The lowest BCUT2D eigenvalue weighted by atomic mass is 9.93. The molecule has 0 saturated carbocycles. The fraction of sp³-hybridized carbons (Fsp3) is 0.667. The first-order chi connectivity index (χ1) is 14.0. The third-order valence-electron chi connectivity index (χ3n) is 5.59. The first kappa shape index (κ1) is 22.7. The van der Waals surface area contributed by atoms with E-state index in [9.17, 15) is 4.79 Å². The summed E-state index contributed by atoms with van der Waals surface area (Å²) in [5, 5.41) is 3.49. The number of ether oxygens (including phenoxy) is 3. The molecular formula is C21H30BrClN2O4. The van der Waals surface area contributed by atoms with Gasteiger partial charge in [-0.25, -0.2) is 0 Å². The van der Waals surface area contributed by atoms with Gasteiger partial charge in [0.2, 0.25) is 0 Å². The van der Waals surface area contributed by atoms with Crippen molar-refractivity contribution in [2.45, 2.75) is 38.7 Å². The Hall–Kier alpha value is -1.02. The van der Waals surface area contributed by atoms with Gasteiger partial charge in [-0.1, -0.05) is 24.9 Å². The summed E-state index contributed by atoms with van der Waals surface area (Å²) < 4.78 is 17.9. The molecule has 162 valence electrons. The number of nitrogens with zero attached hydrogens (tertiary/aromatic N) is 1. The number of hydrogen-bond donors (Lipinski definition) is 1. The lowest BCUT2D eigenvalue weighted by Gasteiger charge is -2.37. The highest BCUT2D eigenvalue weighted by atomic mass is 79.9. The van der Waals surface area contributed by atoms with Gasteiger partial charge in [-0.3, -0.25) is 4.79 Å². The van der Waals surface area contributed by atoms with Gasteiger partial charge in [-0.15, -0.1) is 0 Å². The van der Waals surface area contributed by atoms with E-state index in [1.54, 1.807) is 13.2 Å². The molecule has 8 heteroatoms. The van der Waals surface area contributed by atoms with Crippen LogP contribution < -0.4 is 14.8 Å². The second-order valence-corrected chi connectivity index (χ2v) is 8.82. The molecule has 1 fully saturated rings. The van der Waals surface area contributed by atoms with Gasteiger partial charge in [-0.05, 0) is 47.9 Å². The van der Waals surface area contributed by atoms with Crippen LogP contribution in [0.15, 0.2) is 10.5 Å². The molecule has 1 amide bonds. The second-order valence-electron chi connectivity index (χ2n) is 7.62. The quantitative estimate of drug-likeness (QED) is 0.624. The molecule has 3 rings (SSSR count). The van der Waals surface area contributed by atoms with Crippen LogP contribution >= 0.6 is 27.5 Å². The van der Waals surface area contributed by atoms with Crippen molar-refractivity contribution in [1.29, 1.82) is 0 Å². The van der Waals surface area contributed by atoms with Crippen LogP contribution in [-0.4, -0.2) is 63.4 Å². The van der Waals surface area contributed by atoms with E-state index in [0.29, 0.717) is 46.3 Å². The molecule has 1 aromatic carbocycles. The van der Waals surface area contributed by atoms with Crippen molar-refractivity contribution in [1.82, 2.24) is 10.2 Å². The van der Waals surface area contributed by atoms with Gasteiger partial charge in [0.1, 0.15) is 0 Å². The van der Waals surface area contributed by atoms with E-state index in [4.69, 9.17) is 25.8 Å². The first-order valence-corrected chi connectivity index (χ1v) is 11.5. The smallest absolute Gasteiger partial charge is 0.255 e. The zero-order valence-electron chi connectivity index (χ0n) is 17.1. The lowest BCUT2D eigenvalue weighted by Crippen LogP contribution is -2.48. The van der Waals surface area contributed by atoms with Crippen molar-refractivity contribution in [2.75, 3.05) is 46.5 Å². The molecule has 2 heterocycles. The summed E-state index contributed by atoms with van der Waals surface area (Å²) >= 11 is 9.75. The molecule has 1 unspecified atom stereocenters. The highest BCUT2D eigenvalue weighted by molar-refractivity contribution is 9.10. The molecule has 0 bridgehead atoms. The maximum atomic E-state index is 13.0. The number of piperidine rings is 1. The number of fused-ring (bicyclic) bond motifs is 1. The molecule has 1 saturated heterocycles. The van der Waals surface area contributed by atoms with Gasteiger partial charge in [-0.2, -0.15) is 0 Å². The van der Waals surface area contributed by atoms with E-state index in [1.165, 1.54) is 12.8 Å². The van der Waals surface area contributed by atoms with Gasteiger partial charge in [0.05, 0.1) is 34.4 Å². The molecule has 0 spiro atoms. The molecule has 6 nitrogen and oxygen atoms in total. The summed E-state index contributed by atoms with van der Waals surface area (Å²) in [6.45, 7) is 6.85. The van der Waals surface area contributed by atoms with Gasteiger partial charge in [0, 0.05) is 32.5 Å². The van der Waals surface area contributed by atoms with Gasteiger partial charge in [0.25, 0.3) is 5.91 Å². The van der Waals surface area contributed by atoms with Crippen LogP contribution in [0.3, 0.4) is 0 Å². The number of halogens is 2. The lowest BCUT2D eigenvalue weighted by molar-refractivity contribution is -0.0106. The Morgan fingerprint density at radius 2 is 2.14 bits per heavy atom. The van der Waals surface area contributed by atoms with Crippen molar-refractivity contribution in [3.8, 4) is 11.5 Å². The van der Waals surface area contributed by atoms with Crippen LogP contribution in [0, 0.1) is 5.92 Å². The number of carbonyl (C=O) groups is 1. The zero-order valence-corrected chi connectivity index (χ0v) is 19.5. The molecular weight excluding hydrogens is 460 g/mol. The van der Waals surface area contributed by atoms with E-state index < -0.39 is 0 Å². The summed E-state index contributed by atoms with van der Waals surface area (Å²) in [7, 11) is 1.75. The Bertz CT molecular complexity index is 718. The predicted octanol–water partition coefficient (Wildman–Crippen LogP) is 4.13. The normalized spacial score (nSPS) is 22.2. The Kier molecular flexibility index (Phi) is 8.47. The number of likely N-dealkylation sites (tertiary alicyclic amines) is 1. The van der Waals surface area contributed by atoms with Crippen LogP contribution in [0.1, 0.15) is 43.0 Å². The number of unbranched alkanes of at least 4 members (excludes halogenated alkanes) is 1. The van der Waals surface area contributed by atoms with E-state index in [1.807, 2.05) is 0 Å². The second kappa shape index (κ2) is 10.8. The van der Waals surface area contributed by atoms with Gasteiger partial charge >= 0.3 is 0 Å². The third-order valence-corrected chi connectivity index (χ3v) is 6.91. The Labute approximate surface area is 186 Å². The summed E-state index contributed by atoms with van der Waals surface area (Å²) in [5.41, 5.74) is 0.407. The monoisotopic (exact) mass is 488 g/mol. The van der Waals surface area contributed by atoms with Crippen molar-refractivity contribution < 1.29 is 19.0 Å². The number of hydrogen-bond acceptors (Lipinski definition) is 5. The average Bonchev–Trinajstić information content (AvgIpc) is 2.99. The van der Waals surface area contributed by atoms with Crippen LogP contribution in [0.4, 0.5) is 0 Å². The van der Waals surface area contributed by atoms with Crippen LogP contribution in [0.5, 0.6) is 11.5 Å². The highest BCUT2D eigenvalue weighted by Gasteiger charge is 2.30. The zero-order chi connectivity index (χ0) is 20.8. The van der Waals surface area contributed by atoms with Crippen LogP contribution in [0.2, 0.25) is 5.02 Å². The van der Waals surface area contributed by atoms with Crippen LogP contribution in [-0.2, 0) is 4.74 Å². The predicted molar refractivity (Wildman–Crippen MR) is 117 cm³/mol. The molecule has 0 radical (unpaired) electrons. The number of benzene rings is 1. The standard InChI is InChI=1S/C21H30BrClN2O4/c1-3-4-7-25-8-6-14(17(13-25)27-2)12-24-21(26)15-11-16(23)18(22)20-19(15)28-9-5-10-29-20/h11,14,17H,3-10,12-13H2,1-2H3,(H,24,26)/t14-,17?/m0/s1. The maximum absolute atomic E-state index is 13.0. The van der Waals surface area contributed by atoms with Crippen molar-refractivity contribution in [3.63, 3.8) is 0 Å². The fourth-order valence-corrected chi connectivity index (χ4v) is 4.47. The number of nitrogens with one attached hydrogen (secondary N) is 1. The van der Waals surface area contributed by atoms with Crippen molar-refractivity contribution in [3.05, 3.63) is 21.1 Å². The SMILES string of the molecule is CCCCN1CC[C@@H](CNC(=O)c2cc(Cl)c(Br)c3c2OCCCO3)C(OC)C1. The number of rotatable bonds is 7. The van der Waals surface area contributed by atoms with E-state index in [0.717, 1.165) is 32.5 Å². The van der Waals surface area contributed by atoms with Crippen molar-refractivity contribution in [2.24, 2.45) is 5.92 Å². The molecule has 29 heavy (non-hydrogen) atoms. The largest absolute Gasteiger partial charge is 0.489 e. The minimum atomic E-state index is -0.204. The van der Waals surface area contributed by atoms with E-state index >= 15 is 0 Å². The Balaban J connectivity index is 1.66. The maximum Gasteiger partial charge on any atom is 0.255 e. The summed E-state index contributed by atoms with van der Waals surface area (Å²) in [6, 6.07) is 1.63. The number of carbonyl (C=O) groups excluding carboxylic acids is 1. The number of amides is 1. The van der Waals surface area contributed by atoms with E-state index in [2.05, 4.69) is 33.1 Å². The minimum Gasteiger partial charge on any atom is -0.489 e. The average molecular weight is 490 g/mol. The van der Waals surface area contributed by atoms with Crippen LogP contribution in [0.25, 0.3) is 0 Å². The highest BCUT2D eigenvalue weighted by Crippen LogP contribution is 2.44. The summed E-state index contributed by atoms with van der Waals surface area (Å²) in [4.78, 5) is 15.4. The molecule has 1 N–H and O–H groups in total. The van der Waals surface area contributed by atoms with E-state index in [-0.39, 0.29) is 17.9 Å². The molecule has 0 aliphatic carbocycles. The third kappa shape index (κ3) is 5.57. The van der Waals surface area contributed by atoms with Crippen molar-refractivity contribution >= 4 is 33.4 Å². The Morgan fingerprint density at radius 1 is 1.38 bits per heavy atom. The molecule has 2 aliphatic rings. The fourth-order valence-electron chi connectivity index (χ4n) is 3.87. The summed E-state index contributed by atoms with van der Waals surface area (Å²) in [6.07, 6.45) is 4.27. The molecule has 2 aliphatic heterocycles. The van der Waals surface area contributed by atoms with Gasteiger partial charge in [0.15, 0.2) is 11.5 Å². The molecule has 2 atom stereocenters. The Morgan fingerprint density at radius 3 is 2.86 bits per heavy atom.